The quantitative estimate of drug-likeness (QED) is 0.826. The molecule has 0 saturated carbocycles. The van der Waals surface area contributed by atoms with E-state index in [0.717, 1.165) is 17.5 Å². The summed E-state index contributed by atoms with van der Waals surface area (Å²) in [5.74, 6) is 0. The summed E-state index contributed by atoms with van der Waals surface area (Å²) in [6.07, 6.45) is 1.51. The normalized spacial score (nSPS) is 13.6. The Morgan fingerprint density at radius 1 is 1.33 bits per heavy atom. The van der Waals surface area contributed by atoms with Crippen molar-refractivity contribution in [3.8, 4) is 0 Å². The first-order chi connectivity index (χ1) is 8.36. The zero-order valence-electron chi connectivity index (χ0n) is 11.2. The molecule has 0 radical (unpaired) electrons. The van der Waals surface area contributed by atoms with Crippen molar-refractivity contribution < 1.29 is 8.42 Å². The molecule has 0 aliphatic rings. The van der Waals surface area contributed by atoms with Gasteiger partial charge in [-0.3, -0.25) is 0 Å². The standard InChI is InChI=1S/C13H22N2O2S/c1-4-12(14)7-8-15-18(16,17)13-6-5-10(2)9-11(13)3/h5-6,9,12,15H,4,7-8,14H2,1-3H3. The van der Waals surface area contributed by atoms with E-state index in [1.165, 1.54) is 0 Å². The van der Waals surface area contributed by atoms with E-state index >= 15 is 0 Å². The molecule has 18 heavy (non-hydrogen) atoms. The Morgan fingerprint density at radius 2 is 2.00 bits per heavy atom. The van der Waals surface area contributed by atoms with Crippen molar-refractivity contribution >= 4 is 10.0 Å². The van der Waals surface area contributed by atoms with Crippen LogP contribution in [-0.4, -0.2) is 21.0 Å². The number of nitrogens with two attached hydrogens (primary N) is 1. The molecular weight excluding hydrogens is 248 g/mol. The predicted octanol–water partition coefficient (Wildman–Crippen LogP) is 1.71. The van der Waals surface area contributed by atoms with Gasteiger partial charge in [0.15, 0.2) is 0 Å². The summed E-state index contributed by atoms with van der Waals surface area (Å²) in [6, 6.07) is 5.37. The van der Waals surface area contributed by atoms with Crippen LogP contribution >= 0.6 is 0 Å². The monoisotopic (exact) mass is 270 g/mol. The van der Waals surface area contributed by atoms with Gasteiger partial charge < -0.3 is 5.73 Å². The molecule has 0 fully saturated rings. The average Bonchev–Trinajstić information content (AvgIpc) is 2.27. The fourth-order valence-corrected chi connectivity index (χ4v) is 3.03. The summed E-state index contributed by atoms with van der Waals surface area (Å²) in [5.41, 5.74) is 7.58. The minimum atomic E-state index is -3.42. The second-order valence-corrected chi connectivity index (χ2v) is 6.36. The summed E-state index contributed by atoms with van der Waals surface area (Å²) in [7, 11) is -3.42. The molecule has 4 nitrogen and oxygen atoms in total. The van der Waals surface area contributed by atoms with Crippen LogP contribution in [-0.2, 0) is 10.0 Å². The number of benzene rings is 1. The molecule has 0 aromatic heterocycles. The van der Waals surface area contributed by atoms with Gasteiger partial charge in [-0.25, -0.2) is 13.1 Å². The number of nitrogens with one attached hydrogen (secondary N) is 1. The summed E-state index contributed by atoms with van der Waals surface area (Å²) >= 11 is 0. The highest BCUT2D eigenvalue weighted by Gasteiger charge is 2.16. The lowest BCUT2D eigenvalue weighted by atomic mass is 10.2. The third kappa shape index (κ3) is 4.08. The molecule has 0 saturated heterocycles. The second-order valence-electron chi connectivity index (χ2n) is 4.62. The fourth-order valence-electron chi connectivity index (χ4n) is 1.76. The number of hydrogen-bond donors (Lipinski definition) is 2. The van der Waals surface area contributed by atoms with Crippen LogP contribution in [0.25, 0.3) is 0 Å². The van der Waals surface area contributed by atoms with Crippen molar-refractivity contribution in [2.45, 2.75) is 44.6 Å². The number of sulfonamides is 1. The molecule has 1 aromatic carbocycles. The van der Waals surface area contributed by atoms with Crippen molar-refractivity contribution in [3.63, 3.8) is 0 Å². The molecular formula is C13H22N2O2S. The molecule has 1 aromatic rings. The SMILES string of the molecule is CCC(N)CCNS(=O)(=O)c1ccc(C)cc1C. The molecule has 0 bridgehead atoms. The maximum atomic E-state index is 12.1. The van der Waals surface area contributed by atoms with Gasteiger partial charge in [-0.2, -0.15) is 0 Å². The van der Waals surface area contributed by atoms with Gasteiger partial charge in [0.1, 0.15) is 0 Å². The highest BCUT2D eigenvalue weighted by Crippen LogP contribution is 2.16. The number of aryl methyl sites for hydroxylation is 2. The van der Waals surface area contributed by atoms with Crippen molar-refractivity contribution in [2.75, 3.05) is 6.54 Å². The van der Waals surface area contributed by atoms with Crippen LogP contribution < -0.4 is 10.5 Å². The van der Waals surface area contributed by atoms with Crippen molar-refractivity contribution in [2.24, 2.45) is 5.73 Å². The summed E-state index contributed by atoms with van der Waals surface area (Å²) in [5, 5.41) is 0. The second kappa shape index (κ2) is 6.31. The summed E-state index contributed by atoms with van der Waals surface area (Å²) in [6.45, 7) is 6.12. The van der Waals surface area contributed by atoms with Crippen LogP contribution in [0.15, 0.2) is 23.1 Å². The van der Waals surface area contributed by atoms with E-state index in [1.54, 1.807) is 19.1 Å². The Morgan fingerprint density at radius 3 is 2.56 bits per heavy atom. The van der Waals surface area contributed by atoms with E-state index in [4.69, 9.17) is 5.73 Å². The Balaban J connectivity index is 2.74. The number of hydrogen-bond acceptors (Lipinski definition) is 3. The highest BCUT2D eigenvalue weighted by atomic mass is 32.2. The minimum Gasteiger partial charge on any atom is -0.328 e. The molecule has 0 spiro atoms. The largest absolute Gasteiger partial charge is 0.328 e. The topological polar surface area (TPSA) is 72.2 Å². The third-order valence-electron chi connectivity index (χ3n) is 2.95. The van der Waals surface area contributed by atoms with Gasteiger partial charge in [0.25, 0.3) is 0 Å². The van der Waals surface area contributed by atoms with E-state index in [1.807, 2.05) is 19.9 Å². The van der Waals surface area contributed by atoms with E-state index in [9.17, 15) is 8.42 Å². The Labute approximate surface area is 110 Å². The van der Waals surface area contributed by atoms with E-state index < -0.39 is 10.0 Å². The van der Waals surface area contributed by atoms with Crippen LogP contribution in [0.4, 0.5) is 0 Å². The highest BCUT2D eigenvalue weighted by molar-refractivity contribution is 7.89. The molecule has 0 aliphatic carbocycles. The summed E-state index contributed by atoms with van der Waals surface area (Å²) < 4.78 is 26.8. The lowest BCUT2D eigenvalue weighted by Crippen LogP contribution is -2.30. The van der Waals surface area contributed by atoms with Crippen LogP contribution in [0.3, 0.4) is 0 Å². The lowest BCUT2D eigenvalue weighted by Gasteiger charge is -2.12. The van der Waals surface area contributed by atoms with Gasteiger partial charge in [0.2, 0.25) is 10.0 Å². The predicted molar refractivity (Wildman–Crippen MR) is 74.0 cm³/mol. The van der Waals surface area contributed by atoms with Crippen LogP contribution in [0.1, 0.15) is 30.9 Å². The molecule has 3 N–H and O–H groups in total. The molecule has 102 valence electrons. The van der Waals surface area contributed by atoms with Crippen molar-refractivity contribution in [1.82, 2.24) is 4.72 Å². The van der Waals surface area contributed by atoms with Gasteiger partial charge in [-0.15, -0.1) is 0 Å². The smallest absolute Gasteiger partial charge is 0.240 e. The van der Waals surface area contributed by atoms with Gasteiger partial charge in [0, 0.05) is 12.6 Å². The molecule has 5 heteroatoms. The first-order valence-corrected chi connectivity index (χ1v) is 7.67. The molecule has 0 heterocycles. The minimum absolute atomic E-state index is 0.0480. The first kappa shape index (κ1) is 15.1. The molecule has 1 unspecified atom stereocenters. The van der Waals surface area contributed by atoms with Gasteiger partial charge in [0.05, 0.1) is 4.90 Å². The molecule has 0 aliphatic heterocycles. The third-order valence-corrected chi connectivity index (χ3v) is 4.57. The van der Waals surface area contributed by atoms with Crippen molar-refractivity contribution in [1.29, 1.82) is 0 Å². The Kier molecular flexibility index (Phi) is 5.31. The van der Waals surface area contributed by atoms with E-state index in [-0.39, 0.29) is 6.04 Å². The Bertz CT molecular complexity index is 498. The van der Waals surface area contributed by atoms with Gasteiger partial charge in [-0.1, -0.05) is 24.6 Å². The van der Waals surface area contributed by atoms with Crippen LogP contribution in [0, 0.1) is 13.8 Å². The fraction of sp³-hybridized carbons (Fsp3) is 0.538. The average molecular weight is 270 g/mol. The van der Waals surface area contributed by atoms with E-state index in [0.29, 0.717) is 17.9 Å². The summed E-state index contributed by atoms with van der Waals surface area (Å²) in [4.78, 5) is 0.346. The maximum absolute atomic E-state index is 12.1. The zero-order valence-corrected chi connectivity index (χ0v) is 12.0. The number of rotatable bonds is 6. The van der Waals surface area contributed by atoms with Crippen molar-refractivity contribution in [3.05, 3.63) is 29.3 Å². The van der Waals surface area contributed by atoms with Gasteiger partial charge >= 0.3 is 0 Å². The van der Waals surface area contributed by atoms with Gasteiger partial charge in [-0.05, 0) is 38.3 Å². The Hall–Kier alpha value is -0.910. The molecule has 0 amide bonds. The molecule has 1 rings (SSSR count). The van der Waals surface area contributed by atoms with Crippen LogP contribution in [0.2, 0.25) is 0 Å². The van der Waals surface area contributed by atoms with E-state index in [2.05, 4.69) is 4.72 Å². The first-order valence-electron chi connectivity index (χ1n) is 6.19. The zero-order chi connectivity index (χ0) is 13.8. The van der Waals surface area contributed by atoms with Crippen LogP contribution in [0.5, 0.6) is 0 Å². The molecule has 1 atom stereocenters. The maximum Gasteiger partial charge on any atom is 0.240 e. The lowest BCUT2D eigenvalue weighted by molar-refractivity contribution is 0.557.